The molecule has 2 amide bonds. The van der Waals surface area contributed by atoms with Gasteiger partial charge in [0, 0.05) is 43.3 Å². The van der Waals surface area contributed by atoms with Crippen molar-refractivity contribution in [3.05, 3.63) is 35.4 Å². The van der Waals surface area contributed by atoms with E-state index < -0.39 is 0 Å². The summed E-state index contributed by atoms with van der Waals surface area (Å²) in [6.45, 7) is 6.52. The Morgan fingerprint density at radius 1 is 1.08 bits per heavy atom. The van der Waals surface area contributed by atoms with E-state index in [1.807, 2.05) is 4.90 Å². The van der Waals surface area contributed by atoms with E-state index in [0.29, 0.717) is 17.2 Å². The number of hydrogen-bond donors (Lipinski definition) is 1. The van der Waals surface area contributed by atoms with Crippen LogP contribution in [0.5, 0.6) is 0 Å². The van der Waals surface area contributed by atoms with E-state index >= 15 is 0 Å². The molecule has 0 unspecified atom stereocenters. The molecule has 24 heavy (non-hydrogen) atoms. The normalized spacial score (nSPS) is 19.5. The Morgan fingerprint density at radius 2 is 1.75 bits per heavy atom. The highest BCUT2D eigenvalue weighted by atomic mass is 16.2. The van der Waals surface area contributed by atoms with Crippen LogP contribution in [0.3, 0.4) is 0 Å². The van der Waals surface area contributed by atoms with Crippen molar-refractivity contribution >= 4 is 11.8 Å². The van der Waals surface area contributed by atoms with Crippen molar-refractivity contribution < 1.29 is 9.59 Å². The number of carbonyl (C=O) groups excluding carboxylic acids is 2. The summed E-state index contributed by atoms with van der Waals surface area (Å²) >= 11 is 0. The molecular formula is C19H27N3O2. The largest absolute Gasteiger partial charge is 0.349 e. The second kappa shape index (κ2) is 7.79. The predicted molar refractivity (Wildman–Crippen MR) is 94.2 cm³/mol. The topological polar surface area (TPSA) is 52.7 Å². The molecule has 1 aliphatic heterocycles. The number of carbonyl (C=O) groups is 2. The smallest absolute Gasteiger partial charge is 0.253 e. The van der Waals surface area contributed by atoms with Gasteiger partial charge in [-0.2, -0.15) is 0 Å². The second-order valence-electron chi connectivity index (χ2n) is 6.76. The molecule has 1 aromatic rings. The maximum atomic E-state index is 12.7. The first-order valence-corrected chi connectivity index (χ1v) is 9.10. The van der Waals surface area contributed by atoms with Crippen LogP contribution in [0.15, 0.2) is 24.3 Å². The summed E-state index contributed by atoms with van der Waals surface area (Å²) in [6.07, 6.45) is 4.50. The van der Waals surface area contributed by atoms with Gasteiger partial charge in [0.25, 0.3) is 11.8 Å². The minimum Gasteiger partial charge on any atom is -0.349 e. The maximum absolute atomic E-state index is 12.7. The zero-order valence-electron chi connectivity index (χ0n) is 14.5. The lowest BCUT2D eigenvalue weighted by Crippen LogP contribution is -2.48. The lowest BCUT2D eigenvalue weighted by atomic mass is 10.1. The van der Waals surface area contributed by atoms with Gasteiger partial charge in [-0.15, -0.1) is 0 Å². The molecular weight excluding hydrogens is 302 g/mol. The summed E-state index contributed by atoms with van der Waals surface area (Å²) in [7, 11) is 0. The van der Waals surface area contributed by atoms with E-state index in [4.69, 9.17) is 0 Å². The van der Waals surface area contributed by atoms with Gasteiger partial charge in [0.1, 0.15) is 0 Å². The maximum Gasteiger partial charge on any atom is 0.253 e. The Kier molecular flexibility index (Phi) is 5.51. The summed E-state index contributed by atoms with van der Waals surface area (Å²) in [4.78, 5) is 29.3. The number of likely N-dealkylation sites (N-methyl/N-ethyl adjacent to an activating group) is 1. The van der Waals surface area contributed by atoms with Gasteiger partial charge in [-0.05, 0) is 37.6 Å². The third-order valence-electron chi connectivity index (χ3n) is 5.17. The fourth-order valence-electron chi connectivity index (χ4n) is 3.58. The van der Waals surface area contributed by atoms with Crippen molar-refractivity contribution in [3.8, 4) is 0 Å². The van der Waals surface area contributed by atoms with Gasteiger partial charge >= 0.3 is 0 Å². The molecule has 0 spiro atoms. The molecule has 1 saturated heterocycles. The summed E-state index contributed by atoms with van der Waals surface area (Å²) in [5, 5.41) is 3.08. The molecule has 1 aromatic carbocycles. The molecule has 5 nitrogen and oxygen atoms in total. The average Bonchev–Trinajstić information content (AvgIpc) is 3.14. The van der Waals surface area contributed by atoms with Gasteiger partial charge < -0.3 is 15.1 Å². The van der Waals surface area contributed by atoms with Crippen LogP contribution in [0.25, 0.3) is 0 Å². The third kappa shape index (κ3) is 3.96. The molecule has 0 aromatic heterocycles. The van der Waals surface area contributed by atoms with Crippen LogP contribution < -0.4 is 5.32 Å². The molecule has 0 bridgehead atoms. The van der Waals surface area contributed by atoms with Crippen LogP contribution in [0, 0.1) is 0 Å². The fraction of sp³-hybridized carbons (Fsp3) is 0.579. The summed E-state index contributed by atoms with van der Waals surface area (Å²) in [6, 6.07) is 7.42. The van der Waals surface area contributed by atoms with Crippen molar-refractivity contribution in [2.24, 2.45) is 0 Å². The van der Waals surface area contributed by atoms with Crippen LogP contribution in [-0.4, -0.2) is 60.4 Å². The fourth-order valence-corrected chi connectivity index (χ4v) is 3.58. The number of amides is 2. The number of hydrogen-bond acceptors (Lipinski definition) is 3. The van der Waals surface area contributed by atoms with Crippen LogP contribution in [0.1, 0.15) is 53.3 Å². The quantitative estimate of drug-likeness (QED) is 0.921. The van der Waals surface area contributed by atoms with E-state index in [2.05, 4.69) is 17.1 Å². The summed E-state index contributed by atoms with van der Waals surface area (Å²) in [5.74, 6) is -0.0337. The van der Waals surface area contributed by atoms with Gasteiger partial charge in [0.2, 0.25) is 0 Å². The first-order chi connectivity index (χ1) is 11.7. The minimum atomic E-state index is -0.0626. The minimum absolute atomic E-state index is 0.0290. The van der Waals surface area contributed by atoms with E-state index in [-0.39, 0.29) is 11.8 Å². The Hall–Kier alpha value is -1.88. The van der Waals surface area contributed by atoms with Crippen molar-refractivity contribution in [2.45, 2.75) is 38.6 Å². The Balaban J connectivity index is 1.63. The number of nitrogens with one attached hydrogen (secondary N) is 1. The third-order valence-corrected chi connectivity index (χ3v) is 5.17. The van der Waals surface area contributed by atoms with Crippen molar-refractivity contribution in [1.82, 2.24) is 15.1 Å². The highest BCUT2D eigenvalue weighted by Gasteiger charge is 2.23. The second-order valence-corrected chi connectivity index (χ2v) is 6.76. The van der Waals surface area contributed by atoms with Crippen LogP contribution in [0.4, 0.5) is 0 Å². The standard InChI is InChI=1S/C19H27N3O2/c1-2-21-10-12-22(13-11-21)19(24)16-7-5-6-15(14-16)18(23)20-17-8-3-4-9-17/h5-7,14,17H,2-4,8-13H2,1H3,(H,20,23). The number of rotatable bonds is 4. The predicted octanol–water partition coefficient (Wildman–Crippen LogP) is 2.14. The number of piperazine rings is 1. The number of nitrogens with zero attached hydrogens (tertiary/aromatic N) is 2. The molecule has 3 rings (SSSR count). The first kappa shape index (κ1) is 17.0. The first-order valence-electron chi connectivity index (χ1n) is 9.10. The van der Waals surface area contributed by atoms with Gasteiger partial charge in [-0.25, -0.2) is 0 Å². The molecule has 1 saturated carbocycles. The molecule has 1 heterocycles. The highest BCUT2D eigenvalue weighted by molar-refractivity contribution is 5.99. The van der Waals surface area contributed by atoms with Gasteiger partial charge in [0.15, 0.2) is 0 Å². The lowest BCUT2D eigenvalue weighted by Gasteiger charge is -2.34. The van der Waals surface area contributed by atoms with E-state index in [9.17, 15) is 9.59 Å². The molecule has 0 atom stereocenters. The van der Waals surface area contributed by atoms with E-state index in [0.717, 1.165) is 45.6 Å². The van der Waals surface area contributed by atoms with Crippen LogP contribution >= 0.6 is 0 Å². The molecule has 1 aliphatic carbocycles. The molecule has 130 valence electrons. The van der Waals surface area contributed by atoms with Crippen LogP contribution in [0.2, 0.25) is 0 Å². The average molecular weight is 329 g/mol. The van der Waals surface area contributed by atoms with E-state index in [1.54, 1.807) is 24.3 Å². The van der Waals surface area contributed by atoms with Gasteiger partial charge in [0.05, 0.1) is 0 Å². The van der Waals surface area contributed by atoms with Gasteiger partial charge in [-0.1, -0.05) is 25.8 Å². The molecule has 1 N–H and O–H groups in total. The summed E-state index contributed by atoms with van der Waals surface area (Å²) in [5.41, 5.74) is 1.19. The Bertz CT molecular complexity index is 588. The van der Waals surface area contributed by atoms with Crippen LogP contribution in [-0.2, 0) is 0 Å². The molecule has 0 radical (unpaired) electrons. The lowest BCUT2D eigenvalue weighted by molar-refractivity contribution is 0.0643. The zero-order valence-corrected chi connectivity index (χ0v) is 14.5. The summed E-state index contributed by atoms with van der Waals surface area (Å²) < 4.78 is 0. The SMILES string of the molecule is CCN1CCN(C(=O)c2cccc(C(=O)NC3CCCC3)c2)CC1. The molecule has 2 fully saturated rings. The molecule has 2 aliphatic rings. The monoisotopic (exact) mass is 329 g/mol. The van der Waals surface area contributed by atoms with Crippen molar-refractivity contribution in [2.75, 3.05) is 32.7 Å². The molecule has 5 heteroatoms. The Morgan fingerprint density at radius 3 is 2.42 bits per heavy atom. The Labute approximate surface area is 144 Å². The van der Waals surface area contributed by atoms with Gasteiger partial charge in [-0.3, -0.25) is 9.59 Å². The van der Waals surface area contributed by atoms with E-state index in [1.165, 1.54) is 12.8 Å². The van der Waals surface area contributed by atoms with Crippen molar-refractivity contribution in [3.63, 3.8) is 0 Å². The number of benzene rings is 1. The highest BCUT2D eigenvalue weighted by Crippen LogP contribution is 2.18. The van der Waals surface area contributed by atoms with Crippen molar-refractivity contribution in [1.29, 1.82) is 0 Å². The zero-order chi connectivity index (χ0) is 16.9.